The summed E-state index contributed by atoms with van der Waals surface area (Å²) in [6.45, 7) is 2.90. The number of hydrogen-bond acceptors (Lipinski definition) is 5. The zero-order valence-electron chi connectivity index (χ0n) is 16.2. The second kappa shape index (κ2) is 9.11. The Morgan fingerprint density at radius 1 is 1.07 bits per heavy atom. The standard InChI is InChI=1S/C21H22N2O4S2/c1-3-27-18-10-12-20(13-11-18)29(25,26)22-17-8-6-16(7-9-17)21(24)23(2)15-19-5-4-14-28-19/h4-14,22H,3,15H2,1-2H3. The molecule has 1 heterocycles. The fourth-order valence-electron chi connectivity index (χ4n) is 2.71. The van der Waals surface area contributed by atoms with Crippen molar-refractivity contribution < 1.29 is 17.9 Å². The van der Waals surface area contributed by atoms with Crippen LogP contribution in [0, 0.1) is 0 Å². The fourth-order valence-corrected chi connectivity index (χ4v) is 4.52. The van der Waals surface area contributed by atoms with E-state index in [1.807, 2.05) is 24.4 Å². The van der Waals surface area contributed by atoms with E-state index in [1.54, 1.807) is 59.7 Å². The molecule has 8 heteroatoms. The number of nitrogens with zero attached hydrogens (tertiary/aromatic N) is 1. The molecule has 0 spiro atoms. The molecule has 29 heavy (non-hydrogen) atoms. The lowest BCUT2D eigenvalue weighted by Crippen LogP contribution is -2.25. The van der Waals surface area contributed by atoms with Gasteiger partial charge in [0.1, 0.15) is 5.75 Å². The molecule has 3 aromatic rings. The number of sulfonamides is 1. The molecule has 0 saturated heterocycles. The lowest BCUT2D eigenvalue weighted by atomic mass is 10.2. The average Bonchev–Trinajstić information content (AvgIpc) is 3.21. The van der Waals surface area contributed by atoms with Crippen LogP contribution in [0.15, 0.2) is 70.9 Å². The van der Waals surface area contributed by atoms with Crippen LogP contribution in [-0.4, -0.2) is 32.9 Å². The highest BCUT2D eigenvalue weighted by Gasteiger charge is 2.16. The summed E-state index contributed by atoms with van der Waals surface area (Å²) in [5, 5.41) is 1.97. The summed E-state index contributed by atoms with van der Waals surface area (Å²) in [5.74, 6) is 0.486. The molecule has 0 unspecified atom stereocenters. The van der Waals surface area contributed by atoms with Crippen LogP contribution in [0.4, 0.5) is 5.69 Å². The summed E-state index contributed by atoms with van der Waals surface area (Å²) < 4.78 is 33.0. The van der Waals surface area contributed by atoms with Crippen LogP contribution in [-0.2, 0) is 16.6 Å². The Balaban J connectivity index is 1.67. The molecule has 0 atom stereocenters. The van der Waals surface area contributed by atoms with E-state index in [-0.39, 0.29) is 10.8 Å². The maximum Gasteiger partial charge on any atom is 0.261 e. The lowest BCUT2D eigenvalue weighted by molar-refractivity contribution is 0.0786. The maximum absolute atomic E-state index is 12.6. The second-order valence-electron chi connectivity index (χ2n) is 6.33. The van der Waals surface area contributed by atoms with Gasteiger partial charge in [-0.1, -0.05) is 6.07 Å². The Morgan fingerprint density at radius 3 is 2.34 bits per heavy atom. The lowest BCUT2D eigenvalue weighted by Gasteiger charge is -2.16. The highest BCUT2D eigenvalue weighted by atomic mass is 32.2. The first-order valence-electron chi connectivity index (χ1n) is 9.02. The summed E-state index contributed by atoms with van der Waals surface area (Å²) in [7, 11) is -1.99. The number of carbonyl (C=O) groups is 1. The van der Waals surface area contributed by atoms with Crippen LogP contribution >= 0.6 is 11.3 Å². The van der Waals surface area contributed by atoms with Gasteiger partial charge in [-0.15, -0.1) is 11.3 Å². The van der Waals surface area contributed by atoms with E-state index in [0.29, 0.717) is 30.2 Å². The second-order valence-corrected chi connectivity index (χ2v) is 9.04. The third-order valence-corrected chi connectivity index (χ3v) is 6.41. The van der Waals surface area contributed by atoms with Crippen molar-refractivity contribution in [1.29, 1.82) is 0 Å². The number of amides is 1. The molecule has 2 aromatic carbocycles. The highest BCUT2D eigenvalue weighted by molar-refractivity contribution is 7.92. The van der Waals surface area contributed by atoms with Gasteiger partial charge in [-0.25, -0.2) is 8.42 Å². The zero-order valence-corrected chi connectivity index (χ0v) is 17.8. The normalized spacial score (nSPS) is 11.1. The van der Waals surface area contributed by atoms with Gasteiger partial charge < -0.3 is 9.64 Å². The van der Waals surface area contributed by atoms with Gasteiger partial charge in [-0.2, -0.15) is 0 Å². The Labute approximate surface area is 174 Å². The fraction of sp³-hybridized carbons (Fsp3) is 0.190. The van der Waals surface area contributed by atoms with Gasteiger partial charge in [-0.05, 0) is 66.9 Å². The van der Waals surface area contributed by atoms with E-state index in [4.69, 9.17) is 4.74 Å². The molecule has 1 aromatic heterocycles. The van der Waals surface area contributed by atoms with Crippen molar-refractivity contribution in [2.24, 2.45) is 0 Å². The van der Waals surface area contributed by atoms with Crippen molar-refractivity contribution in [3.63, 3.8) is 0 Å². The first kappa shape index (κ1) is 20.9. The van der Waals surface area contributed by atoms with Crippen molar-refractivity contribution in [3.05, 3.63) is 76.5 Å². The van der Waals surface area contributed by atoms with Crippen LogP contribution in [0.5, 0.6) is 5.75 Å². The molecular weight excluding hydrogens is 408 g/mol. The predicted molar refractivity (Wildman–Crippen MR) is 115 cm³/mol. The van der Waals surface area contributed by atoms with E-state index in [0.717, 1.165) is 4.88 Å². The highest BCUT2D eigenvalue weighted by Crippen LogP contribution is 2.20. The molecule has 0 saturated carbocycles. The van der Waals surface area contributed by atoms with Crippen molar-refractivity contribution in [2.45, 2.75) is 18.4 Å². The van der Waals surface area contributed by atoms with Gasteiger partial charge >= 0.3 is 0 Å². The third-order valence-electron chi connectivity index (χ3n) is 4.15. The van der Waals surface area contributed by atoms with Gasteiger partial charge in [0.05, 0.1) is 18.0 Å². The first-order valence-corrected chi connectivity index (χ1v) is 11.4. The summed E-state index contributed by atoms with van der Waals surface area (Å²) >= 11 is 1.60. The molecule has 1 amide bonds. The molecule has 0 bridgehead atoms. The van der Waals surface area contributed by atoms with E-state index in [1.165, 1.54) is 12.1 Å². The molecule has 3 rings (SSSR count). The van der Waals surface area contributed by atoms with E-state index >= 15 is 0 Å². The minimum atomic E-state index is -3.73. The van der Waals surface area contributed by atoms with Crippen LogP contribution < -0.4 is 9.46 Å². The number of ether oxygens (including phenoxy) is 1. The van der Waals surface area contributed by atoms with E-state index in [2.05, 4.69) is 4.72 Å². The maximum atomic E-state index is 12.6. The van der Waals surface area contributed by atoms with Gasteiger partial charge in [-0.3, -0.25) is 9.52 Å². The molecule has 0 radical (unpaired) electrons. The molecule has 1 N–H and O–H groups in total. The number of hydrogen-bond donors (Lipinski definition) is 1. The Bertz CT molecular complexity index is 1050. The van der Waals surface area contributed by atoms with Crippen LogP contribution in [0.3, 0.4) is 0 Å². The molecule has 152 valence electrons. The van der Waals surface area contributed by atoms with Gasteiger partial charge in [0.25, 0.3) is 15.9 Å². The zero-order chi connectivity index (χ0) is 20.9. The Kier molecular flexibility index (Phi) is 6.56. The van der Waals surface area contributed by atoms with Gasteiger partial charge in [0.15, 0.2) is 0 Å². The van der Waals surface area contributed by atoms with Gasteiger partial charge in [0.2, 0.25) is 0 Å². The third kappa shape index (κ3) is 5.36. The summed E-state index contributed by atoms with van der Waals surface area (Å²) in [6, 6.07) is 16.5. The van der Waals surface area contributed by atoms with Crippen LogP contribution in [0.1, 0.15) is 22.2 Å². The minimum absolute atomic E-state index is 0.126. The molecule has 0 aliphatic rings. The quantitative estimate of drug-likeness (QED) is 0.581. The number of thiophene rings is 1. The minimum Gasteiger partial charge on any atom is -0.494 e. The summed E-state index contributed by atoms with van der Waals surface area (Å²) in [6.07, 6.45) is 0. The van der Waals surface area contributed by atoms with E-state index in [9.17, 15) is 13.2 Å². The Morgan fingerprint density at radius 2 is 1.76 bits per heavy atom. The SMILES string of the molecule is CCOc1ccc(S(=O)(=O)Nc2ccc(C(=O)N(C)Cc3cccs3)cc2)cc1. The van der Waals surface area contributed by atoms with Crippen LogP contribution in [0.25, 0.3) is 0 Å². The molecular formula is C21H22N2O4S2. The van der Waals surface area contributed by atoms with Crippen molar-refractivity contribution in [2.75, 3.05) is 18.4 Å². The monoisotopic (exact) mass is 430 g/mol. The van der Waals surface area contributed by atoms with E-state index < -0.39 is 10.0 Å². The van der Waals surface area contributed by atoms with Gasteiger partial charge in [0, 0.05) is 23.2 Å². The number of carbonyl (C=O) groups excluding carboxylic acids is 1. The average molecular weight is 431 g/mol. The predicted octanol–water partition coefficient (Wildman–Crippen LogP) is 4.22. The molecule has 0 aliphatic carbocycles. The molecule has 6 nitrogen and oxygen atoms in total. The molecule has 0 fully saturated rings. The number of benzene rings is 2. The van der Waals surface area contributed by atoms with Crippen molar-refractivity contribution in [1.82, 2.24) is 4.90 Å². The topological polar surface area (TPSA) is 75.7 Å². The smallest absolute Gasteiger partial charge is 0.261 e. The number of nitrogens with one attached hydrogen (secondary N) is 1. The first-order chi connectivity index (χ1) is 13.9. The largest absolute Gasteiger partial charge is 0.494 e. The van der Waals surface area contributed by atoms with Crippen molar-refractivity contribution >= 4 is 33.0 Å². The summed E-state index contributed by atoms with van der Waals surface area (Å²) in [4.78, 5) is 15.4. The van der Waals surface area contributed by atoms with Crippen molar-refractivity contribution in [3.8, 4) is 5.75 Å². The molecule has 0 aliphatic heterocycles. The van der Waals surface area contributed by atoms with Crippen LogP contribution in [0.2, 0.25) is 0 Å². The number of anilines is 1. The number of rotatable bonds is 8. The summed E-state index contributed by atoms with van der Waals surface area (Å²) in [5.41, 5.74) is 0.879. The Hall–Kier alpha value is -2.84.